The van der Waals surface area contributed by atoms with E-state index in [1.165, 1.54) is 19.2 Å². The predicted octanol–water partition coefficient (Wildman–Crippen LogP) is 6.87. The first-order valence-corrected chi connectivity index (χ1v) is 11.5. The highest BCUT2D eigenvalue weighted by Gasteiger charge is 2.36. The minimum atomic E-state index is -4.34. The quantitative estimate of drug-likeness (QED) is 0.392. The molecule has 1 fully saturated rings. The van der Waals surface area contributed by atoms with Gasteiger partial charge >= 0.3 is 12.1 Å². The lowest BCUT2D eigenvalue weighted by atomic mass is 9.82. The van der Waals surface area contributed by atoms with Crippen LogP contribution in [0.15, 0.2) is 24.3 Å². The molecule has 0 aromatic heterocycles. The lowest BCUT2D eigenvalue weighted by Crippen LogP contribution is -2.44. The lowest BCUT2D eigenvalue weighted by molar-refractivity contribution is -0.142. The van der Waals surface area contributed by atoms with Crippen LogP contribution in [0.3, 0.4) is 0 Å². The molecular weight excluding hydrogens is 403 g/mol. The fourth-order valence-electron chi connectivity index (χ4n) is 4.71. The molecule has 0 N–H and O–H groups in total. The van der Waals surface area contributed by atoms with Crippen LogP contribution in [0.25, 0.3) is 0 Å². The number of rotatable bonds is 9. The number of ether oxygens (including phenoxy) is 1. The summed E-state index contributed by atoms with van der Waals surface area (Å²) < 4.78 is 44.1. The number of alkyl halides is 3. The zero-order valence-corrected chi connectivity index (χ0v) is 19.5. The predicted molar refractivity (Wildman–Crippen MR) is 118 cm³/mol. The number of carbonyl (C=O) groups is 1. The SMILES string of the molecule is COC(=O)C[C@@H]1CCN([C@H](CCC(C)C)CC(C)C)[C@H](c2ccc(C(F)(F)F)cc2)C1. The molecule has 0 bridgehead atoms. The third-order valence-corrected chi connectivity index (χ3v) is 6.35. The number of benzene rings is 1. The normalized spacial score (nSPS) is 21.5. The molecule has 1 aromatic carbocycles. The average molecular weight is 442 g/mol. The van der Waals surface area contributed by atoms with Gasteiger partial charge in [-0.2, -0.15) is 13.2 Å². The Kier molecular flexibility index (Phi) is 9.41. The van der Waals surface area contributed by atoms with Crippen LogP contribution in [-0.2, 0) is 15.7 Å². The molecule has 176 valence electrons. The van der Waals surface area contributed by atoms with E-state index < -0.39 is 11.7 Å². The van der Waals surface area contributed by atoms with Crippen molar-refractivity contribution in [3.05, 3.63) is 35.4 Å². The molecule has 6 heteroatoms. The van der Waals surface area contributed by atoms with E-state index >= 15 is 0 Å². The first-order chi connectivity index (χ1) is 14.5. The number of piperidine rings is 1. The van der Waals surface area contributed by atoms with Crippen molar-refractivity contribution in [2.75, 3.05) is 13.7 Å². The summed E-state index contributed by atoms with van der Waals surface area (Å²) in [5, 5.41) is 0. The van der Waals surface area contributed by atoms with Crippen LogP contribution in [0.5, 0.6) is 0 Å². The van der Waals surface area contributed by atoms with E-state index in [1.807, 2.05) is 0 Å². The standard InChI is InChI=1S/C25H38F3NO2/c1-17(2)6-11-22(14-18(3)4)29-13-12-19(16-24(30)31-5)15-23(29)20-7-9-21(10-8-20)25(26,27)28/h7-10,17-19,22-23H,6,11-16H2,1-5H3/t19-,22-,23+/m1/s1. The third-order valence-electron chi connectivity index (χ3n) is 6.35. The van der Waals surface area contributed by atoms with E-state index in [4.69, 9.17) is 4.74 Å². The summed E-state index contributed by atoms with van der Waals surface area (Å²) in [5.74, 6) is 1.11. The largest absolute Gasteiger partial charge is 0.469 e. The topological polar surface area (TPSA) is 29.5 Å². The molecule has 1 heterocycles. The number of likely N-dealkylation sites (tertiary alicyclic amines) is 1. The molecule has 3 atom stereocenters. The summed E-state index contributed by atoms with van der Waals surface area (Å²) in [6.07, 6.45) is 0.955. The maximum atomic E-state index is 13.1. The van der Waals surface area contributed by atoms with Gasteiger partial charge in [-0.3, -0.25) is 9.69 Å². The summed E-state index contributed by atoms with van der Waals surface area (Å²) in [6, 6.07) is 6.01. The number of esters is 1. The van der Waals surface area contributed by atoms with Crippen LogP contribution in [0.1, 0.15) is 83.4 Å². The number of hydrogen-bond donors (Lipinski definition) is 0. The average Bonchev–Trinajstić information content (AvgIpc) is 2.70. The highest BCUT2D eigenvalue weighted by atomic mass is 19.4. The minimum absolute atomic E-state index is 0.0154. The molecule has 1 aliphatic heterocycles. The van der Waals surface area contributed by atoms with Gasteiger partial charge in [0.25, 0.3) is 0 Å². The van der Waals surface area contributed by atoms with E-state index in [9.17, 15) is 18.0 Å². The molecular formula is C25H38F3NO2. The summed E-state index contributed by atoms with van der Waals surface area (Å²) >= 11 is 0. The molecule has 1 saturated heterocycles. The van der Waals surface area contributed by atoms with Crippen LogP contribution >= 0.6 is 0 Å². The van der Waals surface area contributed by atoms with Gasteiger partial charge in [0.05, 0.1) is 12.7 Å². The molecule has 1 aliphatic rings. The Morgan fingerprint density at radius 1 is 1.10 bits per heavy atom. The molecule has 1 aromatic rings. The van der Waals surface area contributed by atoms with Gasteiger partial charge in [-0.1, -0.05) is 39.8 Å². The highest BCUT2D eigenvalue weighted by molar-refractivity contribution is 5.69. The van der Waals surface area contributed by atoms with Crippen molar-refractivity contribution in [1.82, 2.24) is 4.90 Å². The molecule has 0 saturated carbocycles. The monoisotopic (exact) mass is 441 g/mol. The van der Waals surface area contributed by atoms with Gasteiger partial charge in [-0.25, -0.2) is 0 Å². The molecule has 0 aliphatic carbocycles. The smallest absolute Gasteiger partial charge is 0.416 e. The van der Waals surface area contributed by atoms with Crippen molar-refractivity contribution < 1.29 is 22.7 Å². The van der Waals surface area contributed by atoms with Gasteiger partial charge in [0.2, 0.25) is 0 Å². The van der Waals surface area contributed by atoms with Crippen LogP contribution in [-0.4, -0.2) is 30.6 Å². The fraction of sp³-hybridized carbons (Fsp3) is 0.720. The highest BCUT2D eigenvalue weighted by Crippen LogP contribution is 2.40. The number of halogens is 3. The third kappa shape index (κ3) is 7.81. The lowest BCUT2D eigenvalue weighted by Gasteiger charge is -2.45. The summed E-state index contributed by atoms with van der Waals surface area (Å²) in [5.41, 5.74) is 0.282. The van der Waals surface area contributed by atoms with Crippen LogP contribution in [0, 0.1) is 17.8 Å². The van der Waals surface area contributed by atoms with Crippen molar-refractivity contribution in [3.63, 3.8) is 0 Å². The zero-order valence-electron chi connectivity index (χ0n) is 19.5. The van der Waals surface area contributed by atoms with Gasteiger partial charge in [-0.05, 0) is 74.1 Å². The van der Waals surface area contributed by atoms with Crippen molar-refractivity contribution >= 4 is 5.97 Å². The van der Waals surface area contributed by atoms with Gasteiger partial charge < -0.3 is 4.74 Å². The maximum absolute atomic E-state index is 13.1. The van der Waals surface area contributed by atoms with Crippen molar-refractivity contribution in [3.8, 4) is 0 Å². The Hall–Kier alpha value is -1.56. The molecule has 2 rings (SSSR count). The molecule has 0 unspecified atom stereocenters. The minimum Gasteiger partial charge on any atom is -0.469 e. The van der Waals surface area contributed by atoms with Crippen molar-refractivity contribution in [1.29, 1.82) is 0 Å². The Balaban J connectivity index is 2.31. The Morgan fingerprint density at radius 2 is 1.74 bits per heavy atom. The Bertz CT molecular complexity index is 685. The molecule has 0 amide bonds. The molecule has 0 radical (unpaired) electrons. The van der Waals surface area contributed by atoms with Crippen molar-refractivity contribution in [2.45, 2.75) is 84.5 Å². The zero-order chi connectivity index (χ0) is 23.2. The van der Waals surface area contributed by atoms with Gasteiger partial charge in [-0.15, -0.1) is 0 Å². The Labute approximate surface area is 185 Å². The molecule has 3 nitrogen and oxygen atoms in total. The van der Waals surface area contributed by atoms with Gasteiger partial charge in [0, 0.05) is 18.5 Å². The summed E-state index contributed by atoms with van der Waals surface area (Å²) in [4.78, 5) is 14.4. The molecule has 31 heavy (non-hydrogen) atoms. The summed E-state index contributed by atoms with van der Waals surface area (Å²) in [7, 11) is 1.40. The van der Waals surface area contributed by atoms with Crippen LogP contribution in [0.4, 0.5) is 13.2 Å². The molecule has 0 spiro atoms. The first-order valence-electron chi connectivity index (χ1n) is 11.5. The van der Waals surface area contributed by atoms with E-state index in [-0.39, 0.29) is 17.9 Å². The number of carbonyl (C=O) groups excluding carboxylic acids is 1. The summed E-state index contributed by atoms with van der Waals surface area (Å²) in [6.45, 7) is 9.74. The number of nitrogens with zero attached hydrogens (tertiary/aromatic N) is 1. The fourth-order valence-corrected chi connectivity index (χ4v) is 4.71. The maximum Gasteiger partial charge on any atom is 0.416 e. The second kappa shape index (κ2) is 11.3. The second-order valence-corrected chi connectivity index (χ2v) is 9.80. The van der Waals surface area contributed by atoms with E-state index in [0.717, 1.165) is 44.2 Å². The Morgan fingerprint density at radius 3 is 2.26 bits per heavy atom. The second-order valence-electron chi connectivity index (χ2n) is 9.80. The number of hydrogen-bond acceptors (Lipinski definition) is 3. The first kappa shape index (κ1) is 25.7. The van der Waals surface area contributed by atoms with Crippen LogP contribution < -0.4 is 0 Å². The van der Waals surface area contributed by atoms with Crippen LogP contribution in [0.2, 0.25) is 0 Å². The van der Waals surface area contributed by atoms with E-state index in [0.29, 0.717) is 24.3 Å². The van der Waals surface area contributed by atoms with E-state index in [2.05, 4.69) is 32.6 Å². The van der Waals surface area contributed by atoms with Gasteiger partial charge in [0.15, 0.2) is 0 Å². The number of methoxy groups -OCH3 is 1. The van der Waals surface area contributed by atoms with Gasteiger partial charge in [0.1, 0.15) is 0 Å². The van der Waals surface area contributed by atoms with E-state index in [1.54, 1.807) is 12.1 Å². The van der Waals surface area contributed by atoms with Crippen molar-refractivity contribution in [2.24, 2.45) is 17.8 Å².